The predicted octanol–water partition coefficient (Wildman–Crippen LogP) is -0.716. The third kappa shape index (κ3) is 6.30. The molecule has 1 saturated heterocycles. The number of ether oxygens (including phenoxy) is 1. The van der Waals surface area contributed by atoms with Crippen LogP contribution in [0.15, 0.2) is 29.8 Å². The van der Waals surface area contributed by atoms with Crippen LogP contribution in [0.5, 0.6) is 5.75 Å². The monoisotopic (exact) mass is 417 g/mol. The summed E-state index contributed by atoms with van der Waals surface area (Å²) < 4.78 is 33.3. The van der Waals surface area contributed by atoms with E-state index in [2.05, 4.69) is 22.1 Å². The SMILES string of the molecule is COc1ccc(CON2C[C@@H](S)C(=C=O)[C@H]2CNS(=O)(=O)NCCO)cc1. The standard InChI is InChI=1S/C16H23N3O6S2/c1-24-13-4-2-12(3-5-13)11-25-19-9-16(26)14(10-21)15(19)8-18-27(22,23)17-6-7-20/h2-5,15-18,20,26H,6-9,11H2,1H3/t15-,16-/m1/s1. The van der Waals surface area contributed by atoms with Crippen LogP contribution in [0.3, 0.4) is 0 Å². The number of methoxy groups -OCH3 is 1. The van der Waals surface area contributed by atoms with Crippen molar-refractivity contribution in [2.24, 2.45) is 0 Å². The van der Waals surface area contributed by atoms with Gasteiger partial charge in [-0.3, -0.25) is 4.84 Å². The van der Waals surface area contributed by atoms with Crippen molar-refractivity contribution in [1.82, 2.24) is 14.5 Å². The van der Waals surface area contributed by atoms with E-state index in [4.69, 9.17) is 14.7 Å². The number of aliphatic hydroxyl groups excluding tert-OH is 1. The van der Waals surface area contributed by atoms with E-state index in [1.54, 1.807) is 19.2 Å². The molecule has 11 heteroatoms. The van der Waals surface area contributed by atoms with Gasteiger partial charge >= 0.3 is 0 Å². The maximum Gasteiger partial charge on any atom is 0.277 e. The van der Waals surface area contributed by atoms with E-state index in [0.717, 1.165) is 11.3 Å². The van der Waals surface area contributed by atoms with Crippen molar-refractivity contribution in [2.75, 3.05) is 33.4 Å². The van der Waals surface area contributed by atoms with Gasteiger partial charge in [-0.25, -0.2) is 14.2 Å². The number of carbonyl (C=O) groups excluding carboxylic acids is 1. The first-order valence-corrected chi connectivity index (χ1v) is 10.2. The summed E-state index contributed by atoms with van der Waals surface area (Å²) >= 11 is 4.35. The van der Waals surface area contributed by atoms with Gasteiger partial charge in [0.25, 0.3) is 10.2 Å². The highest BCUT2D eigenvalue weighted by Crippen LogP contribution is 2.26. The van der Waals surface area contributed by atoms with Crippen LogP contribution in [0.25, 0.3) is 0 Å². The van der Waals surface area contributed by atoms with Gasteiger partial charge in [0, 0.05) is 25.2 Å². The maximum absolute atomic E-state index is 11.8. The molecule has 2 atom stereocenters. The molecule has 0 radical (unpaired) electrons. The highest BCUT2D eigenvalue weighted by molar-refractivity contribution is 7.87. The average molecular weight is 418 g/mol. The predicted molar refractivity (Wildman–Crippen MR) is 102 cm³/mol. The van der Waals surface area contributed by atoms with E-state index in [1.165, 1.54) is 5.06 Å². The van der Waals surface area contributed by atoms with Gasteiger partial charge in [-0.15, -0.1) is 0 Å². The lowest BCUT2D eigenvalue weighted by Gasteiger charge is -2.23. The molecule has 1 heterocycles. The summed E-state index contributed by atoms with van der Waals surface area (Å²) in [5.74, 6) is 2.57. The largest absolute Gasteiger partial charge is 0.497 e. The average Bonchev–Trinajstić information content (AvgIpc) is 2.98. The number of hydrogen-bond donors (Lipinski definition) is 4. The van der Waals surface area contributed by atoms with E-state index < -0.39 is 21.5 Å². The molecule has 150 valence electrons. The summed E-state index contributed by atoms with van der Waals surface area (Å²) in [6.45, 7) is 0.0385. The van der Waals surface area contributed by atoms with Crippen molar-refractivity contribution in [3.8, 4) is 5.75 Å². The third-order valence-electron chi connectivity index (χ3n) is 3.96. The van der Waals surface area contributed by atoms with Gasteiger partial charge in [0.2, 0.25) is 0 Å². The second kappa shape index (κ2) is 10.2. The Morgan fingerprint density at radius 2 is 2.04 bits per heavy atom. The molecule has 0 spiro atoms. The van der Waals surface area contributed by atoms with E-state index in [-0.39, 0.29) is 26.3 Å². The molecule has 9 nitrogen and oxygen atoms in total. The van der Waals surface area contributed by atoms with Crippen LogP contribution >= 0.6 is 12.6 Å². The molecule has 0 unspecified atom stereocenters. The molecule has 1 aromatic carbocycles. The zero-order chi connectivity index (χ0) is 19.9. The van der Waals surface area contributed by atoms with Crippen molar-refractivity contribution in [2.45, 2.75) is 17.9 Å². The number of rotatable bonds is 10. The number of aliphatic hydroxyl groups is 1. The van der Waals surface area contributed by atoms with E-state index in [1.807, 2.05) is 18.1 Å². The summed E-state index contributed by atoms with van der Waals surface area (Å²) in [5.41, 5.74) is 1.21. The third-order valence-corrected chi connectivity index (χ3v) is 5.54. The van der Waals surface area contributed by atoms with Gasteiger partial charge in [0.15, 0.2) is 0 Å². The van der Waals surface area contributed by atoms with Gasteiger partial charge in [-0.05, 0) is 17.7 Å². The Morgan fingerprint density at radius 3 is 2.63 bits per heavy atom. The Morgan fingerprint density at radius 1 is 1.33 bits per heavy atom. The lowest BCUT2D eigenvalue weighted by Crippen LogP contribution is -2.45. The smallest absolute Gasteiger partial charge is 0.277 e. The van der Waals surface area contributed by atoms with Crippen LogP contribution in [-0.4, -0.2) is 69.2 Å². The highest BCUT2D eigenvalue weighted by Gasteiger charge is 2.38. The number of benzene rings is 1. The number of nitrogens with one attached hydrogen (secondary N) is 2. The molecular formula is C16H23N3O6S2. The minimum absolute atomic E-state index is 0.0923. The van der Waals surface area contributed by atoms with Crippen molar-refractivity contribution >= 4 is 28.8 Å². The number of nitrogens with zero attached hydrogens (tertiary/aromatic N) is 1. The molecule has 27 heavy (non-hydrogen) atoms. The molecule has 1 aliphatic heterocycles. The van der Waals surface area contributed by atoms with Crippen molar-refractivity contribution in [1.29, 1.82) is 0 Å². The summed E-state index contributed by atoms with van der Waals surface area (Å²) in [6, 6.07) is 6.67. The summed E-state index contributed by atoms with van der Waals surface area (Å²) in [7, 11) is -2.22. The Hall–Kier alpha value is -1.43. The van der Waals surface area contributed by atoms with Gasteiger partial charge in [-0.2, -0.15) is 26.1 Å². The Balaban J connectivity index is 2.01. The molecule has 1 aliphatic rings. The molecule has 0 aromatic heterocycles. The zero-order valence-electron chi connectivity index (χ0n) is 14.8. The van der Waals surface area contributed by atoms with Crippen molar-refractivity contribution in [3.63, 3.8) is 0 Å². The quantitative estimate of drug-likeness (QED) is 0.293. The lowest BCUT2D eigenvalue weighted by atomic mass is 10.1. The Labute approximate surface area is 163 Å². The number of thiol groups is 1. The van der Waals surface area contributed by atoms with Crippen LogP contribution in [0, 0.1) is 0 Å². The fourth-order valence-corrected chi connectivity index (χ4v) is 3.79. The Bertz CT molecular complexity index is 765. The van der Waals surface area contributed by atoms with Gasteiger partial charge < -0.3 is 9.84 Å². The second-order valence-electron chi connectivity index (χ2n) is 5.78. The van der Waals surface area contributed by atoms with Crippen LogP contribution < -0.4 is 14.2 Å². The van der Waals surface area contributed by atoms with Crippen LogP contribution in [-0.2, 0) is 26.4 Å². The topological polar surface area (TPSA) is 117 Å². The van der Waals surface area contributed by atoms with E-state index >= 15 is 0 Å². The molecule has 0 bridgehead atoms. The molecule has 1 fully saturated rings. The van der Waals surface area contributed by atoms with E-state index in [9.17, 15) is 13.2 Å². The molecule has 3 N–H and O–H groups in total. The second-order valence-corrected chi connectivity index (χ2v) is 7.99. The fourth-order valence-electron chi connectivity index (χ4n) is 2.56. The lowest BCUT2D eigenvalue weighted by molar-refractivity contribution is -0.173. The number of hydrogen-bond acceptors (Lipinski definition) is 8. The number of hydroxylamine groups is 2. The zero-order valence-corrected chi connectivity index (χ0v) is 16.5. The maximum atomic E-state index is 11.8. The molecule has 0 aliphatic carbocycles. The van der Waals surface area contributed by atoms with Crippen molar-refractivity contribution < 1.29 is 27.9 Å². The molecular weight excluding hydrogens is 394 g/mol. The van der Waals surface area contributed by atoms with Gasteiger partial charge in [0.05, 0.1) is 31.6 Å². The van der Waals surface area contributed by atoms with Gasteiger partial charge in [0.1, 0.15) is 11.7 Å². The first kappa shape index (κ1) is 21.9. The molecule has 2 rings (SSSR count). The first-order valence-electron chi connectivity index (χ1n) is 8.20. The summed E-state index contributed by atoms with van der Waals surface area (Å²) in [6.07, 6.45) is 0. The molecule has 0 saturated carbocycles. The van der Waals surface area contributed by atoms with Crippen LogP contribution in [0.1, 0.15) is 5.56 Å². The Kier molecular flexibility index (Phi) is 8.27. The van der Waals surface area contributed by atoms with Crippen LogP contribution in [0.4, 0.5) is 0 Å². The molecule has 0 amide bonds. The van der Waals surface area contributed by atoms with Gasteiger partial charge in [-0.1, -0.05) is 12.1 Å². The fraction of sp³-hybridized carbons (Fsp3) is 0.500. The summed E-state index contributed by atoms with van der Waals surface area (Å²) in [5, 5.41) is 9.84. The minimum atomic E-state index is -3.80. The van der Waals surface area contributed by atoms with Crippen LogP contribution in [0.2, 0.25) is 0 Å². The first-order chi connectivity index (χ1) is 12.9. The normalized spacial score (nSPS) is 20.6. The summed E-state index contributed by atoms with van der Waals surface area (Å²) in [4.78, 5) is 17.1. The minimum Gasteiger partial charge on any atom is -0.497 e. The molecule has 1 aromatic rings. The highest BCUT2D eigenvalue weighted by atomic mass is 32.2. The van der Waals surface area contributed by atoms with E-state index in [0.29, 0.717) is 12.1 Å². The van der Waals surface area contributed by atoms with Crippen molar-refractivity contribution in [3.05, 3.63) is 35.4 Å².